The minimum atomic E-state index is 0.759. The fraction of sp³-hybridized carbons (Fsp3) is 0.455. The van der Waals surface area contributed by atoms with Gasteiger partial charge in [0, 0.05) is 48.9 Å². The molecule has 0 atom stereocenters. The van der Waals surface area contributed by atoms with Crippen molar-refractivity contribution in [3.8, 4) is 0 Å². The van der Waals surface area contributed by atoms with Crippen LogP contribution in [0.4, 0.5) is 0 Å². The summed E-state index contributed by atoms with van der Waals surface area (Å²) in [4.78, 5) is 4.70. The SMILES string of the molecule is CCCC[n+]1cccc(Cc2n[nH]c(Cc3ccc[n+](CCCC)c3)n2)c1. The van der Waals surface area contributed by atoms with Gasteiger partial charge in [0.25, 0.3) is 0 Å². The number of nitrogens with zero attached hydrogens (tertiary/aromatic N) is 4. The summed E-state index contributed by atoms with van der Waals surface area (Å²) in [5.41, 5.74) is 2.50. The Morgan fingerprint density at radius 2 is 1.44 bits per heavy atom. The fourth-order valence-corrected chi connectivity index (χ4v) is 3.19. The molecule has 0 bridgehead atoms. The summed E-state index contributed by atoms with van der Waals surface area (Å²) in [5.74, 6) is 1.78. The molecule has 3 heterocycles. The highest BCUT2D eigenvalue weighted by Gasteiger charge is 2.10. The Hall–Kier alpha value is -2.56. The van der Waals surface area contributed by atoms with Gasteiger partial charge >= 0.3 is 0 Å². The molecule has 0 aliphatic rings. The van der Waals surface area contributed by atoms with Gasteiger partial charge in [-0.15, -0.1) is 0 Å². The van der Waals surface area contributed by atoms with E-state index >= 15 is 0 Å². The lowest BCUT2D eigenvalue weighted by Crippen LogP contribution is -2.33. The highest BCUT2D eigenvalue weighted by Crippen LogP contribution is 2.07. The normalized spacial score (nSPS) is 11.0. The number of H-pyrrole nitrogens is 1. The van der Waals surface area contributed by atoms with Gasteiger partial charge in [0.15, 0.2) is 30.6 Å². The maximum atomic E-state index is 4.70. The van der Waals surface area contributed by atoms with Crippen LogP contribution in [0.15, 0.2) is 49.1 Å². The van der Waals surface area contributed by atoms with Gasteiger partial charge in [0.2, 0.25) is 0 Å². The van der Waals surface area contributed by atoms with E-state index in [1.54, 1.807) is 0 Å². The largest absolute Gasteiger partial charge is 0.263 e. The van der Waals surface area contributed by atoms with Crippen LogP contribution < -0.4 is 9.13 Å². The van der Waals surface area contributed by atoms with Gasteiger partial charge in [0.1, 0.15) is 18.9 Å². The second kappa shape index (κ2) is 9.95. The van der Waals surface area contributed by atoms with E-state index in [0.717, 1.165) is 37.6 Å². The van der Waals surface area contributed by atoms with Crippen molar-refractivity contribution in [3.05, 3.63) is 71.8 Å². The van der Waals surface area contributed by atoms with Crippen LogP contribution in [0.5, 0.6) is 0 Å². The van der Waals surface area contributed by atoms with E-state index in [-0.39, 0.29) is 0 Å². The Balaban J connectivity index is 1.62. The van der Waals surface area contributed by atoms with Crippen LogP contribution in [0.1, 0.15) is 62.3 Å². The van der Waals surface area contributed by atoms with Gasteiger partial charge in [-0.05, 0) is 12.1 Å². The maximum Gasteiger partial charge on any atom is 0.172 e. The molecular formula is C22H31N5+2. The molecule has 0 saturated heterocycles. The topological polar surface area (TPSA) is 49.3 Å². The Bertz CT molecular complexity index is 772. The van der Waals surface area contributed by atoms with Crippen molar-refractivity contribution in [2.75, 3.05) is 0 Å². The number of hydrogen-bond acceptors (Lipinski definition) is 2. The smallest absolute Gasteiger partial charge is 0.172 e. The third kappa shape index (κ3) is 5.98. The van der Waals surface area contributed by atoms with Gasteiger partial charge in [-0.25, -0.2) is 14.1 Å². The number of aromatic nitrogens is 5. The lowest BCUT2D eigenvalue weighted by Gasteiger charge is -1.99. The van der Waals surface area contributed by atoms with Crippen LogP contribution in [0.3, 0.4) is 0 Å². The molecule has 0 aromatic carbocycles. The summed E-state index contributed by atoms with van der Waals surface area (Å²) < 4.78 is 4.51. The van der Waals surface area contributed by atoms with Crippen molar-refractivity contribution in [1.82, 2.24) is 15.2 Å². The third-order valence-corrected chi connectivity index (χ3v) is 4.69. The standard InChI is InChI=1S/C22H31N5/c1-3-5-11-26-13-7-9-19(17-26)15-21-23-22(25-24-21)16-20-10-8-14-27(18-20)12-6-4-2/h7-10,13-14,17-18H,3-6,11-12,15-16H2,1-2H3,(H,23,24,25)/q+2. The fourth-order valence-electron chi connectivity index (χ4n) is 3.19. The van der Waals surface area contributed by atoms with Gasteiger partial charge in [-0.1, -0.05) is 26.7 Å². The molecule has 1 N–H and O–H groups in total. The zero-order chi connectivity index (χ0) is 18.9. The van der Waals surface area contributed by atoms with E-state index in [1.165, 1.54) is 36.8 Å². The summed E-state index contributed by atoms with van der Waals surface area (Å²) >= 11 is 0. The van der Waals surface area contributed by atoms with Crippen LogP contribution in [-0.2, 0) is 25.9 Å². The van der Waals surface area contributed by atoms with Gasteiger partial charge in [-0.2, -0.15) is 5.10 Å². The lowest BCUT2D eigenvalue weighted by atomic mass is 10.2. The van der Waals surface area contributed by atoms with Crippen molar-refractivity contribution in [2.24, 2.45) is 0 Å². The van der Waals surface area contributed by atoms with Gasteiger partial charge in [-0.3, -0.25) is 5.10 Å². The summed E-state index contributed by atoms with van der Waals surface area (Å²) in [6.07, 6.45) is 15.1. The van der Waals surface area contributed by atoms with E-state index in [2.05, 4.69) is 82.2 Å². The molecule has 5 nitrogen and oxygen atoms in total. The molecule has 0 aliphatic carbocycles. The summed E-state index contributed by atoms with van der Waals surface area (Å²) in [7, 11) is 0. The van der Waals surface area contributed by atoms with E-state index < -0.39 is 0 Å². The third-order valence-electron chi connectivity index (χ3n) is 4.69. The second-order valence-electron chi connectivity index (χ2n) is 7.16. The summed E-state index contributed by atoms with van der Waals surface area (Å²) in [5, 5.41) is 7.53. The molecule has 0 aliphatic heterocycles. The molecule has 27 heavy (non-hydrogen) atoms. The summed E-state index contributed by atoms with van der Waals surface area (Å²) in [6, 6.07) is 8.52. The van der Waals surface area contributed by atoms with Gasteiger partial charge < -0.3 is 0 Å². The molecule has 0 unspecified atom stereocenters. The number of pyridine rings is 2. The van der Waals surface area contributed by atoms with Crippen molar-refractivity contribution in [1.29, 1.82) is 0 Å². The number of rotatable bonds is 10. The van der Waals surface area contributed by atoms with Crippen molar-refractivity contribution in [3.63, 3.8) is 0 Å². The van der Waals surface area contributed by atoms with Crippen molar-refractivity contribution >= 4 is 0 Å². The van der Waals surface area contributed by atoms with Crippen molar-refractivity contribution < 1.29 is 9.13 Å². The molecular weight excluding hydrogens is 334 g/mol. The van der Waals surface area contributed by atoms with Gasteiger partial charge in [0.05, 0.1) is 0 Å². The van der Waals surface area contributed by atoms with Crippen molar-refractivity contribution in [2.45, 2.75) is 65.5 Å². The minimum Gasteiger partial charge on any atom is -0.263 e. The number of aryl methyl sites for hydroxylation is 2. The molecule has 0 fully saturated rings. The second-order valence-corrected chi connectivity index (χ2v) is 7.16. The first-order valence-corrected chi connectivity index (χ1v) is 10.1. The van der Waals surface area contributed by atoms with Crippen LogP contribution in [-0.4, -0.2) is 15.2 Å². The Morgan fingerprint density at radius 3 is 2.04 bits per heavy atom. The molecule has 5 heteroatoms. The van der Waals surface area contributed by atoms with Crippen LogP contribution in [0.25, 0.3) is 0 Å². The number of aromatic amines is 1. The Kier molecular flexibility index (Phi) is 7.08. The monoisotopic (exact) mass is 365 g/mol. The molecule has 0 amide bonds. The average molecular weight is 366 g/mol. The summed E-state index contributed by atoms with van der Waals surface area (Å²) in [6.45, 7) is 6.57. The molecule has 3 rings (SSSR count). The Morgan fingerprint density at radius 1 is 0.852 bits per heavy atom. The maximum absolute atomic E-state index is 4.70. The molecule has 142 valence electrons. The number of nitrogens with one attached hydrogen (secondary N) is 1. The zero-order valence-corrected chi connectivity index (χ0v) is 16.6. The Labute approximate surface area is 162 Å². The van der Waals surface area contributed by atoms with Crippen LogP contribution >= 0.6 is 0 Å². The predicted molar refractivity (Wildman–Crippen MR) is 105 cm³/mol. The highest BCUT2D eigenvalue weighted by atomic mass is 15.2. The zero-order valence-electron chi connectivity index (χ0n) is 16.6. The average Bonchev–Trinajstić information content (AvgIpc) is 3.12. The van der Waals surface area contributed by atoms with E-state index in [1.807, 2.05) is 0 Å². The lowest BCUT2D eigenvalue weighted by molar-refractivity contribution is -0.697. The van der Waals surface area contributed by atoms with Crippen LogP contribution in [0.2, 0.25) is 0 Å². The van der Waals surface area contributed by atoms with Crippen LogP contribution in [0, 0.1) is 0 Å². The molecule has 0 radical (unpaired) electrons. The molecule has 0 saturated carbocycles. The van der Waals surface area contributed by atoms with E-state index in [9.17, 15) is 0 Å². The first-order valence-electron chi connectivity index (χ1n) is 10.1. The number of unbranched alkanes of at least 4 members (excludes halogenated alkanes) is 2. The first kappa shape index (κ1) is 19.2. The van der Waals surface area contributed by atoms with E-state index in [4.69, 9.17) is 4.98 Å². The van der Waals surface area contributed by atoms with E-state index in [0.29, 0.717) is 0 Å². The molecule has 0 spiro atoms. The quantitative estimate of drug-likeness (QED) is 0.561. The highest BCUT2D eigenvalue weighted by molar-refractivity contribution is 5.15. The first-order chi connectivity index (χ1) is 13.3. The molecule has 3 aromatic rings. The number of hydrogen-bond donors (Lipinski definition) is 1. The predicted octanol–water partition coefficient (Wildman–Crippen LogP) is 3.16. The minimum absolute atomic E-state index is 0.759. The molecule has 3 aromatic heterocycles.